The van der Waals surface area contributed by atoms with Crippen LogP contribution in [0.2, 0.25) is 0 Å². The maximum atomic E-state index is 12.5. The molecule has 5 heteroatoms. The van der Waals surface area contributed by atoms with E-state index in [0.717, 1.165) is 38.5 Å². The second-order valence-corrected chi connectivity index (χ2v) is 17.4. The molecule has 0 bridgehead atoms. The monoisotopic (exact) mass is 778 g/mol. The van der Waals surface area contributed by atoms with Crippen molar-refractivity contribution in [2.45, 2.75) is 295 Å². The number of carbonyl (C=O) groups is 1. The fourth-order valence-electron chi connectivity index (χ4n) is 7.99. The van der Waals surface area contributed by atoms with Crippen molar-refractivity contribution in [2.75, 3.05) is 6.61 Å². The molecule has 0 saturated heterocycles. The van der Waals surface area contributed by atoms with Gasteiger partial charge in [0.1, 0.15) is 6.10 Å². The maximum absolute atomic E-state index is 12.5. The zero-order valence-corrected chi connectivity index (χ0v) is 37.3. The van der Waals surface area contributed by atoms with Crippen LogP contribution in [0, 0.1) is 0 Å². The molecule has 0 saturated carbocycles. The SMILES string of the molecule is CCCCCCCCCCCCCCCC/C=C/CCCC(O)C(O)C(CO)NC(=O)CCCCCCCCCCCCCCCCCCCCCCCC. The summed E-state index contributed by atoms with van der Waals surface area (Å²) in [6.45, 7) is 4.20. The highest BCUT2D eigenvalue weighted by molar-refractivity contribution is 5.76. The smallest absolute Gasteiger partial charge is 0.220 e. The van der Waals surface area contributed by atoms with Crippen LogP contribution < -0.4 is 5.32 Å². The zero-order valence-electron chi connectivity index (χ0n) is 37.3. The molecule has 0 rings (SSSR count). The van der Waals surface area contributed by atoms with E-state index < -0.39 is 18.2 Å². The normalized spacial score (nSPS) is 13.5. The lowest BCUT2D eigenvalue weighted by Gasteiger charge is -2.26. The number of aliphatic hydroxyl groups is 3. The molecule has 3 atom stereocenters. The highest BCUT2D eigenvalue weighted by Gasteiger charge is 2.26. The maximum Gasteiger partial charge on any atom is 0.220 e. The molecule has 1 amide bonds. The van der Waals surface area contributed by atoms with Crippen molar-refractivity contribution in [3.63, 3.8) is 0 Å². The van der Waals surface area contributed by atoms with E-state index in [9.17, 15) is 20.1 Å². The van der Waals surface area contributed by atoms with Gasteiger partial charge in [0.2, 0.25) is 5.91 Å². The Balaban J connectivity index is 3.58. The molecule has 0 aromatic heterocycles. The van der Waals surface area contributed by atoms with Crippen LogP contribution in [0.3, 0.4) is 0 Å². The number of hydrogen-bond donors (Lipinski definition) is 4. The largest absolute Gasteiger partial charge is 0.394 e. The summed E-state index contributed by atoms with van der Waals surface area (Å²) in [4.78, 5) is 12.5. The van der Waals surface area contributed by atoms with Crippen molar-refractivity contribution in [3.05, 3.63) is 12.2 Å². The molecule has 4 N–H and O–H groups in total. The minimum atomic E-state index is -1.15. The van der Waals surface area contributed by atoms with Crippen molar-refractivity contribution in [3.8, 4) is 0 Å². The van der Waals surface area contributed by atoms with Gasteiger partial charge in [0.05, 0.1) is 18.8 Å². The molecule has 0 radical (unpaired) electrons. The van der Waals surface area contributed by atoms with E-state index in [1.807, 2.05) is 0 Å². The average Bonchev–Trinajstić information content (AvgIpc) is 3.19. The van der Waals surface area contributed by atoms with Gasteiger partial charge in [0.15, 0.2) is 0 Å². The van der Waals surface area contributed by atoms with Crippen molar-refractivity contribution in [1.82, 2.24) is 5.32 Å². The Kier molecular flexibility index (Phi) is 45.0. The van der Waals surface area contributed by atoms with E-state index in [1.54, 1.807) is 0 Å². The Hall–Kier alpha value is -0.910. The van der Waals surface area contributed by atoms with Crippen LogP contribution in [-0.4, -0.2) is 46.1 Å². The molecule has 0 aliphatic heterocycles. The third-order valence-electron chi connectivity index (χ3n) is 11.9. The molecule has 328 valence electrons. The molecule has 5 nitrogen and oxygen atoms in total. The highest BCUT2D eigenvalue weighted by Crippen LogP contribution is 2.17. The molecule has 3 unspecified atom stereocenters. The van der Waals surface area contributed by atoms with Crippen molar-refractivity contribution in [1.29, 1.82) is 0 Å². The first-order valence-electron chi connectivity index (χ1n) is 25.0. The minimum Gasteiger partial charge on any atom is -0.394 e. The predicted octanol–water partition coefficient (Wildman–Crippen LogP) is 14.8. The van der Waals surface area contributed by atoms with E-state index in [0.29, 0.717) is 12.8 Å². The Morgan fingerprint density at radius 3 is 1.05 bits per heavy atom. The number of amides is 1. The van der Waals surface area contributed by atoms with Crippen LogP contribution in [0.15, 0.2) is 12.2 Å². The summed E-state index contributed by atoms with van der Waals surface area (Å²) in [5.41, 5.74) is 0. The second kappa shape index (κ2) is 45.8. The van der Waals surface area contributed by atoms with Crippen LogP contribution in [0.1, 0.15) is 277 Å². The fourth-order valence-corrected chi connectivity index (χ4v) is 7.99. The molecular formula is C50H99NO4. The summed E-state index contributed by atoms with van der Waals surface area (Å²) < 4.78 is 0. The third-order valence-corrected chi connectivity index (χ3v) is 11.9. The number of allylic oxidation sites excluding steroid dienone is 2. The standard InChI is InChI=1S/C50H99NO4/c1-3-5-7-9-11-13-15-17-19-21-23-24-25-27-29-31-33-35-37-39-41-43-45-49(54)51-47(46-52)50(55)48(53)44-42-40-38-36-34-32-30-28-26-22-20-18-16-14-12-10-8-6-4-2/h36,38,47-48,50,52-53,55H,3-35,37,39-46H2,1-2H3,(H,51,54)/b38-36+. The Morgan fingerprint density at radius 1 is 0.436 bits per heavy atom. The number of nitrogens with one attached hydrogen (secondary N) is 1. The van der Waals surface area contributed by atoms with Crippen molar-refractivity contribution >= 4 is 5.91 Å². The van der Waals surface area contributed by atoms with Crippen molar-refractivity contribution < 1.29 is 20.1 Å². The molecule has 0 spiro atoms. The molecule has 0 aromatic carbocycles. The number of unbranched alkanes of at least 4 members (excludes halogenated alkanes) is 36. The van der Waals surface area contributed by atoms with Gasteiger partial charge in [-0.25, -0.2) is 0 Å². The summed E-state index contributed by atoms with van der Waals surface area (Å²) in [5, 5.41) is 33.6. The Bertz CT molecular complexity index is 773. The first-order valence-corrected chi connectivity index (χ1v) is 25.0. The quantitative estimate of drug-likeness (QED) is 0.0366. The van der Waals surface area contributed by atoms with Gasteiger partial charge >= 0.3 is 0 Å². The average molecular weight is 778 g/mol. The molecule has 0 aliphatic rings. The molecule has 55 heavy (non-hydrogen) atoms. The molecule has 0 aliphatic carbocycles. The van der Waals surface area contributed by atoms with Crippen LogP contribution >= 0.6 is 0 Å². The molecule has 0 aromatic rings. The summed E-state index contributed by atoms with van der Waals surface area (Å²) in [7, 11) is 0. The molecule has 0 fully saturated rings. The van der Waals surface area contributed by atoms with Crippen molar-refractivity contribution in [2.24, 2.45) is 0 Å². The van der Waals surface area contributed by atoms with Crippen LogP contribution in [0.25, 0.3) is 0 Å². The number of aliphatic hydroxyl groups excluding tert-OH is 3. The minimum absolute atomic E-state index is 0.148. The van der Waals surface area contributed by atoms with Crippen LogP contribution in [0.5, 0.6) is 0 Å². The third kappa shape index (κ3) is 41.1. The lowest BCUT2D eigenvalue weighted by molar-refractivity contribution is -0.124. The van der Waals surface area contributed by atoms with Gasteiger partial charge in [-0.2, -0.15) is 0 Å². The van der Waals surface area contributed by atoms with Gasteiger partial charge < -0.3 is 20.6 Å². The topological polar surface area (TPSA) is 89.8 Å². The van der Waals surface area contributed by atoms with Gasteiger partial charge in [-0.1, -0.05) is 244 Å². The summed E-state index contributed by atoms with van der Waals surface area (Å²) in [6.07, 6.45) is 54.8. The van der Waals surface area contributed by atoms with Crippen LogP contribution in [-0.2, 0) is 4.79 Å². The Labute approximate surface area is 344 Å². The first kappa shape index (κ1) is 54.1. The summed E-state index contributed by atoms with van der Waals surface area (Å²) >= 11 is 0. The lowest BCUT2D eigenvalue weighted by atomic mass is 10.0. The number of rotatable bonds is 46. The van der Waals surface area contributed by atoms with E-state index >= 15 is 0 Å². The number of carbonyl (C=O) groups excluding carboxylic acids is 1. The predicted molar refractivity (Wildman–Crippen MR) is 241 cm³/mol. The second-order valence-electron chi connectivity index (χ2n) is 17.4. The van der Waals surface area contributed by atoms with E-state index in [2.05, 4.69) is 31.3 Å². The summed E-state index contributed by atoms with van der Waals surface area (Å²) in [5.74, 6) is -0.148. The first-order chi connectivity index (χ1) is 27.1. The highest BCUT2D eigenvalue weighted by atomic mass is 16.3. The fraction of sp³-hybridized carbons (Fsp3) is 0.940. The van der Waals surface area contributed by atoms with E-state index in [4.69, 9.17) is 0 Å². The Morgan fingerprint density at radius 2 is 0.727 bits per heavy atom. The zero-order chi connectivity index (χ0) is 40.1. The molecular weight excluding hydrogens is 679 g/mol. The molecule has 0 heterocycles. The summed E-state index contributed by atoms with van der Waals surface area (Å²) in [6, 6.07) is -0.821. The van der Waals surface area contributed by atoms with Gasteiger partial charge in [0.25, 0.3) is 0 Å². The van der Waals surface area contributed by atoms with Gasteiger partial charge in [-0.15, -0.1) is 0 Å². The van der Waals surface area contributed by atoms with E-state index in [-0.39, 0.29) is 12.5 Å². The van der Waals surface area contributed by atoms with E-state index in [1.165, 1.54) is 212 Å². The number of hydrogen-bond acceptors (Lipinski definition) is 4. The van der Waals surface area contributed by atoms with Gasteiger partial charge in [-0.3, -0.25) is 4.79 Å². The lowest BCUT2D eigenvalue weighted by Crippen LogP contribution is -2.50. The van der Waals surface area contributed by atoms with Gasteiger partial charge in [0, 0.05) is 6.42 Å². The van der Waals surface area contributed by atoms with Gasteiger partial charge in [-0.05, 0) is 38.5 Å². The van der Waals surface area contributed by atoms with Crippen LogP contribution in [0.4, 0.5) is 0 Å².